The topological polar surface area (TPSA) is 57.6 Å². The zero-order valence-corrected chi connectivity index (χ0v) is 13.8. The van der Waals surface area contributed by atoms with E-state index in [1.54, 1.807) is 41.7 Å². The summed E-state index contributed by atoms with van der Waals surface area (Å²) in [6.07, 6.45) is 3.16. The molecule has 7 heteroatoms. The van der Waals surface area contributed by atoms with Gasteiger partial charge in [0.15, 0.2) is 0 Å². The van der Waals surface area contributed by atoms with Crippen LogP contribution in [0, 0.1) is 5.92 Å². The lowest BCUT2D eigenvalue weighted by Crippen LogP contribution is -2.33. The molecule has 0 saturated carbocycles. The maximum atomic E-state index is 12.2. The summed E-state index contributed by atoms with van der Waals surface area (Å²) in [5.74, 6) is 0.516. The Balaban J connectivity index is 1.77. The third kappa shape index (κ3) is 3.46. The van der Waals surface area contributed by atoms with Gasteiger partial charge in [-0.25, -0.2) is 0 Å². The van der Waals surface area contributed by atoms with E-state index in [1.165, 1.54) is 0 Å². The SMILES string of the molecule is CC1CN(c2ccc(Cl)c(Cl)c2)N=C1NC(=O)c1ccncc1. The second kappa shape index (κ2) is 6.56. The number of amidine groups is 1. The van der Waals surface area contributed by atoms with E-state index in [-0.39, 0.29) is 11.8 Å². The summed E-state index contributed by atoms with van der Waals surface area (Å²) < 4.78 is 0. The molecule has 1 amide bonds. The Bertz CT molecular complexity index is 764. The number of benzene rings is 1. The molecule has 3 rings (SSSR count). The van der Waals surface area contributed by atoms with Gasteiger partial charge in [-0.3, -0.25) is 14.8 Å². The van der Waals surface area contributed by atoms with Crippen LogP contribution in [-0.2, 0) is 0 Å². The van der Waals surface area contributed by atoms with Crippen molar-refractivity contribution >= 4 is 40.6 Å². The molecule has 1 aromatic carbocycles. The summed E-state index contributed by atoms with van der Waals surface area (Å²) in [5.41, 5.74) is 1.38. The molecule has 0 fully saturated rings. The molecule has 0 radical (unpaired) electrons. The monoisotopic (exact) mass is 348 g/mol. The van der Waals surface area contributed by atoms with Crippen LogP contribution in [-0.4, -0.2) is 23.3 Å². The molecule has 5 nitrogen and oxygen atoms in total. The van der Waals surface area contributed by atoms with Gasteiger partial charge in [-0.2, -0.15) is 5.10 Å². The van der Waals surface area contributed by atoms with Gasteiger partial charge in [-0.15, -0.1) is 0 Å². The van der Waals surface area contributed by atoms with Crippen molar-refractivity contribution in [3.8, 4) is 0 Å². The van der Waals surface area contributed by atoms with Crippen molar-refractivity contribution in [2.75, 3.05) is 11.6 Å². The Kier molecular flexibility index (Phi) is 4.50. The van der Waals surface area contributed by atoms with E-state index in [4.69, 9.17) is 23.2 Å². The highest BCUT2D eigenvalue weighted by atomic mass is 35.5. The van der Waals surface area contributed by atoms with Gasteiger partial charge in [0.2, 0.25) is 0 Å². The van der Waals surface area contributed by atoms with Crippen molar-refractivity contribution in [2.45, 2.75) is 6.92 Å². The Hall–Kier alpha value is -2.11. The average molecular weight is 349 g/mol. The molecule has 0 bridgehead atoms. The number of pyridine rings is 1. The minimum atomic E-state index is -0.200. The smallest absolute Gasteiger partial charge is 0.256 e. The van der Waals surface area contributed by atoms with Crippen molar-refractivity contribution < 1.29 is 4.79 Å². The number of hydrogen-bond acceptors (Lipinski definition) is 4. The summed E-state index contributed by atoms with van der Waals surface area (Å²) in [5, 5.41) is 10.1. The fourth-order valence-electron chi connectivity index (χ4n) is 2.26. The third-order valence-corrected chi connectivity index (χ3v) is 4.27. The van der Waals surface area contributed by atoms with E-state index >= 15 is 0 Å². The van der Waals surface area contributed by atoms with Crippen LogP contribution in [0.5, 0.6) is 0 Å². The largest absolute Gasteiger partial charge is 0.308 e. The molecule has 1 aliphatic rings. The standard InChI is InChI=1S/C16H14Cl2N4O/c1-10-9-22(12-2-3-13(17)14(18)8-12)21-15(10)20-16(23)11-4-6-19-7-5-11/h2-8,10H,9H2,1H3,(H,20,21,23). The minimum Gasteiger partial charge on any atom is -0.308 e. The lowest BCUT2D eigenvalue weighted by atomic mass is 10.1. The van der Waals surface area contributed by atoms with E-state index in [0.717, 1.165) is 5.69 Å². The number of carbonyl (C=O) groups excluding carboxylic acids is 1. The van der Waals surface area contributed by atoms with Gasteiger partial charge in [-0.05, 0) is 30.3 Å². The van der Waals surface area contributed by atoms with Crippen molar-refractivity contribution in [1.29, 1.82) is 0 Å². The van der Waals surface area contributed by atoms with Gasteiger partial charge in [0.25, 0.3) is 5.91 Å². The van der Waals surface area contributed by atoms with Crippen LogP contribution in [0.3, 0.4) is 0 Å². The summed E-state index contributed by atoms with van der Waals surface area (Å²) >= 11 is 12.0. The molecule has 0 aliphatic carbocycles. The first-order valence-electron chi connectivity index (χ1n) is 7.07. The summed E-state index contributed by atoms with van der Waals surface area (Å²) in [4.78, 5) is 16.1. The normalized spacial score (nSPS) is 17.1. The van der Waals surface area contributed by atoms with Crippen LogP contribution in [0.25, 0.3) is 0 Å². The molecule has 0 spiro atoms. The van der Waals surface area contributed by atoms with E-state index in [9.17, 15) is 4.79 Å². The quantitative estimate of drug-likeness (QED) is 0.902. The number of hydrazone groups is 1. The Morgan fingerprint density at radius 1 is 1.22 bits per heavy atom. The molecule has 1 unspecified atom stereocenters. The number of rotatable bonds is 2. The minimum absolute atomic E-state index is 0.0928. The highest BCUT2D eigenvalue weighted by Gasteiger charge is 2.25. The summed E-state index contributed by atoms with van der Waals surface area (Å²) in [7, 11) is 0. The second-order valence-corrected chi connectivity index (χ2v) is 6.07. The molecule has 1 aliphatic heterocycles. The number of amides is 1. The van der Waals surface area contributed by atoms with Gasteiger partial charge in [0, 0.05) is 23.9 Å². The second-order valence-electron chi connectivity index (χ2n) is 5.26. The number of halogens is 2. The highest BCUT2D eigenvalue weighted by Crippen LogP contribution is 2.29. The van der Waals surface area contributed by atoms with E-state index in [0.29, 0.717) is 28.0 Å². The van der Waals surface area contributed by atoms with Crippen molar-refractivity contribution in [1.82, 2.24) is 10.3 Å². The van der Waals surface area contributed by atoms with E-state index in [2.05, 4.69) is 15.4 Å². The molecular formula is C16H14Cl2N4O. The maximum absolute atomic E-state index is 12.2. The van der Waals surface area contributed by atoms with Crippen LogP contribution in [0.2, 0.25) is 10.0 Å². The Labute approximate surface area is 143 Å². The average Bonchev–Trinajstić information content (AvgIpc) is 2.92. The number of nitrogens with zero attached hydrogens (tertiary/aromatic N) is 3. The highest BCUT2D eigenvalue weighted by molar-refractivity contribution is 6.42. The molecule has 0 saturated heterocycles. The third-order valence-electron chi connectivity index (χ3n) is 3.53. The van der Waals surface area contributed by atoms with E-state index < -0.39 is 0 Å². The first-order valence-corrected chi connectivity index (χ1v) is 7.82. The fraction of sp³-hybridized carbons (Fsp3) is 0.188. The number of nitrogens with one attached hydrogen (secondary N) is 1. The summed E-state index contributed by atoms with van der Waals surface area (Å²) in [6, 6.07) is 8.65. The lowest BCUT2D eigenvalue weighted by Gasteiger charge is -2.14. The summed E-state index contributed by atoms with van der Waals surface area (Å²) in [6.45, 7) is 2.66. The van der Waals surface area contributed by atoms with Gasteiger partial charge in [-0.1, -0.05) is 30.1 Å². The van der Waals surface area contributed by atoms with Crippen LogP contribution in [0.1, 0.15) is 17.3 Å². The van der Waals surface area contributed by atoms with Crippen LogP contribution < -0.4 is 10.3 Å². The molecule has 1 atom stereocenters. The zero-order chi connectivity index (χ0) is 16.4. The Morgan fingerprint density at radius 2 is 1.96 bits per heavy atom. The molecule has 2 heterocycles. The van der Waals surface area contributed by atoms with Crippen LogP contribution >= 0.6 is 23.2 Å². The molecule has 23 heavy (non-hydrogen) atoms. The predicted molar refractivity (Wildman–Crippen MR) is 92.1 cm³/mol. The van der Waals surface area contributed by atoms with Crippen LogP contribution in [0.4, 0.5) is 5.69 Å². The molecule has 2 aromatic rings. The molecule has 1 aromatic heterocycles. The molecule has 1 N–H and O–H groups in total. The first kappa shape index (κ1) is 15.8. The zero-order valence-electron chi connectivity index (χ0n) is 12.3. The number of hydrogen-bond donors (Lipinski definition) is 1. The number of carbonyl (C=O) groups is 1. The lowest BCUT2D eigenvalue weighted by molar-refractivity contribution is 0.0975. The van der Waals surface area contributed by atoms with Crippen molar-refractivity contribution in [2.24, 2.45) is 11.0 Å². The van der Waals surface area contributed by atoms with Crippen molar-refractivity contribution in [3.63, 3.8) is 0 Å². The van der Waals surface area contributed by atoms with Crippen molar-refractivity contribution in [3.05, 3.63) is 58.3 Å². The molecule has 118 valence electrons. The van der Waals surface area contributed by atoms with Gasteiger partial charge >= 0.3 is 0 Å². The van der Waals surface area contributed by atoms with Gasteiger partial charge in [0.05, 0.1) is 22.3 Å². The van der Waals surface area contributed by atoms with Gasteiger partial charge in [0.1, 0.15) is 5.84 Å². The fourth-order valence-corrected chi connectivity index (χ4v) is 2.56. The number of aromatic nitrogens is 1. The maximum Gasteiger partial charge on any atom is 0.256 e. The molecular weight excluding hydrogens is 335 g/mol. The van der Waals surface area contributed by atoms with Crippen LogP contribution in [0.15, 0.2) is 47.8 Å². The predicted octanol–water partition coefficient (Wildman–Crippen LogP) is 3.59. The Morgan fingerprint density at radius 3 is 2.65 bits per heavy atom. The van der Waals surface area contributed by atoms with Gasteiger partial charge < -0.3 is 5.32 Å². The van der Waals surface area contributed by atoms with E-state index in [1.807, 2.05) is 13.0 Å². The first-order chi connectivity index (χ1) is 11.0. The number of anilines is 1.